The molecule has 0 bridgehead atoms. The number of nitrogens with one attached hydrogen (secondary N) is 1. The number of carbonyl (C=O) groups is 2. The van der Waals surface area contributed by atoms with Gasteiger partial charge in [0.2, 0.25) is 0 Å². The van der Waals surface area contributed by atoms with Gasteiger partial charge in [0.25, 0.3) is 0 Å². The molecule has 2 aromatic heterocycles. The molecule has 0 spiro atoms. The summed E-state index contributed by atoms with van der Waals surface area (Å²) in [7, 11) is 0. The van der Waals surface area contributed by atoms with Gasteiger partial charge in [0.05, 0.1) is 12.9 Å². The summed E-state index contributed by atoms with van der Waals surface area (Å²) in [6.45, 7) is 5.55. The molecule has 1 aromatic carbocycles. The number of imidazole rings is 1. The maximum Gasteiger partial charge on any atom is 0.355 e. The van der Waals surface area contributed by atoms with Crippen molar-refractivity contribution >= 4 is 17.8 Å². The van der Waals surface area contributed by atoms with E-state index in [-0.39, 0.29) is 12.4 Å². The first kappa shape index (κ1) is 18.4. The van der Waals surface area contributed by atoms with E-state index in [0.717, 1.165) is 11.3 Å². The van der Waals surface area contributed by atoms with Crippen LogP contribution in [0.3, 0.4) is 0 Å². The zero-order valence-corrected chi connectivity index (χ0v) is 15.5. The molecule has 0 saturated carbocycles. The SMILES string of the molecule is CCOC(=O)c1[nH]c(C)c(C(=O)/C=C/c2ccc(-n3ccnc3)cc2)c1C. The Morgan fingerprint density at radius 1 is 1.22 bits per heavy atom. The predicted molar refractivity (Wildman–Crippen MR) is 103 cm³/mol. The Kier molecular flexibility index (Phi) is 5.35. The van der Waals surface area contributed by atoms with Crippen LogP contribution in [-0.2, 0) is 4.74 Å². The van der Waals surface area contributed by atoms with Crippen molar-refractivity contribution in [2.45, 2.75) is 20.8 Å². The van der Waals surface area contributed by atoms with Gasteiger partial charge >= 0.3 is 5.97 Å². The number of hydrogen-bond donors (Lipinski definition) is 1. The van der Waals surface area contributed by atoms with E-state index in [1.165, 1.54) is 6.08 Å². The number of allylic oxidation sites excluding steroid dienone is 1. The molecule has 0 saturated heterocycles. The minimum absolute atomic E-state index is 0.157. The van der Waals surface area contributed by atoms with Crippen LogP contribution in [0.2, 0.25) is 0 Å². The van der Waals surface area contributed by atoms with E-state index in [4.69, 9.17) is 4.74 Å². The minimum atomic E-state index is -0.448. The summed E-state index contributed by atoms with van der Waals surface area (Å²) in [6, 6.07) is 7.77. The van der Waals surface area contributed by atoms with E-state index in [2.05, 4.69) is 9.97 Å². The van der Waals surface area contributed by atoms with E-state index < -0.39 is 5.97 Å². The van der Waals surface area contributed by atoms with Crippen molar-refractivity contribution < 1.29 is 14.3 Å². The lowest BCUT2D eigenvalue weighted by Gasteiger charge is -2.02. The number of benzene rings is 1. The summed E-state index contributed by atoms with van der Waals surface area (Å²) >= 11 is 0. The van der Waals surface area contributed by atoms with Gasteiger partial charge in [0.15, 0.2) is 5.78 Å². The molecule has 27 heavy (non-hydrogen) atoms. The zero-order chi connectivity index (χ0) is 19.4. The van der Waals surface area contributed by atoms with Crippen LogP contribution in [-0.4, -0.2) is 32.9 Å². The highest BCUT2D eigenvalue weighted by Gasteiger charge is 2.21. The standard InChI is InChI=1S/C21H21N3O3/c1-4-27-21(26)20-14(2)19(15(3)23-20)18(25)10-7-16-5-8-17(9-6-16)24-12-11-22-13-24/h5-13,23H,4H2,1-3H3/b10-7+. The quantitative estimate of drug-likeness (QED) is 0.409. The number of rotatable bonds is 6. The van der Waals surface area contributed by atoms with E-state index in [9.17, 15) is 9.59 Å². The van der Waals surface area contributed by atoms with Crippen LogP contribution >= 0.6 is 0 Å². The van der Waals surface area contributed by atoms with Crippen molar-refractivity contribution in [2.24, 2.45) is 0 Å². The number of aryl methyl sites for hydroxylation is 1. The van der Waals surface area contributed by atoms with Gasteiger partial charge in [0.1, 0.15) is 5.69 Å². The Balaban J connectivity index is 1.78. The lowest BCUT2D eigenvalue weighted by molar-refractivity contribution is 0.0519. The summed E-state index contributed by atoms with van der Waals surface area (Å²) in [5.41, 5.74) is 3.99. The molecule has 6 heteroatoms. The molecule has 3 aromatic rings. The molecule has 0 aliphatic heterocycles. The van der Waals surface area contributed by atoms with Crippen molar-refractivity contribution in [1.82, 2.24) is 14.5 Å². The topological polar surface area (TPSA) is 77.0 Å². The average Bonchev–Trinajstić information content (AvgIpc) is 3.29. The van der Waals surface area contributed by atoms with Crippen LogP contribution in [0, 0.1) is 13.8 Å². The number of ketones is 1. The third-order valence-electron chi connectivity index (χ3n) is 4.29. The fourth-order valence-corrected chi connectivity index (χ4v) is 2.95. The van der Waals surface area contributed by atoms with Gasteiger partial charge in [0, 0.05) is 29.3 Å². The Labute approximate surface area is 157 Å². The molecule has 6 nitrogen and oxygen atoms in total. The van der Waals surface area contributed by atoms with Crippen LogP contribution in [0.25, 0.3) is 11.8 Å². The first-order chi connectivity index (χ1) is 13.0. The van der Waals surface area contributed by atoms with Gasteiger partial charge in [-0.15, -0.1) is 0 Å². The summed E-state index contributed by atoms with van der Waals surface area (Å²) in [5, 5.41) is 0. The number of H-pyrrole nitrogens is 1. The number of aromatic nitrogens is 3. The van der Waals surface area contributed by atoms with E-state index in [0.29, 0.717) is 22.5 Å². The smallest absolute Gasteiger partial charge is 0.355 e. The van der Waals surface area contributed by atoms with E-state index in [1.807, 2.05) is 35.0 Å². The molecule has 0 fully saturated rings. The van der Waals surface area contributed by atoms with Crippen LogP contribution in [0.15, 0.2) is 49.1 Å². The van der Waals surface area contributed by atoms with E-state index in [1.54, 1.807) is 39.4 Å². The van der Waals surface area contributed by atoms with E-state index >= 15 is 0 Å². The molecule has 0 atom stereocenters. The lowest BCUT2D eigenvalue weighted by Crippen LogP contribution is -2.07. The highest BCUT2D eigenvalue weighted by molar-refractivity contribution is 6.10. The highest BCUT2D eigenvalue weighted by Crippen LogP contribution is 2.20. The Bertz CT molecular complexity index is 981. The van der Waals surface area contributed by atoms with Crippen LogP contribution in [0.1, 0.15) is 44.6 Å². The second-order valence-corrected chi connectivity index (χ2v) is 6.10. The fourth-order valence-electron chi connectivity index (χ4n) is 2.95. The summed E-state index contributed by atoms with van der Waals surface area (Å²) in [6.07, 6.45) is 8.60. The molecule has 0 aliphatic rings. The molecular weight excluding hydrogens is 342 g/mol. The molecule has 0 radical (unpaired) electrons. The zero-order valence-electron chi connectivity index (χ0n) is 15.5. The number of aromatic amines is 1. The fraction of sp³-hybridized carbons (Fsp3) is 0.190. The van der Waals surface area contributed by atoms with Gasteiger partial charge in [-0.3, -0.25) is 4.79 Å². The number of nitrogens with zero attached hydrogens (tertiary/aromatic N) is 2. The minimum Gasteiger partial charge on any atom is -0.461 e. The van der Waals surface area contributed by atoms with Crippen molar-refractivity contribution in [3.05, 3.63) is 77.1 Å². The normalized spacial score (nSPS) is 11.1. The largest absolute Gasteiger partial charge is 0.461 e. The van der Waals surface area contributed by atoms with Gasteiger partial charge in [-0.05, 0) is 50.1 Å². The highest BCUT2D eigenvalue weighted by atomic mass is 16.5. The molecule has 0 unspecified atom stereocenters. The molecule has 1 N–H and O–H groups in total. The average molecular weight is 363 g/mol. The molecule has 2 heterocycles. The van der Waals surface area contributed by atoms with Crippen molar-refractivity contribution in [3.63, 3.8) is 0 Å². The van der Waals surface area contributed by atoms with Crippen LogP contribution in [0.5, 0.6) is 0 Å². The molecule has 0 amide bonds. The summed E-state index contributed by atoms with van der Waals surface area (Å²) in [4.78, 5) is 31.6. The molecule has 0 aliphatic carbocycles. The van der Waals surface area contributed by atoms with Crippen molar-refractivity contribution in [1.29, 1.82) is 0 Å². The number of carbonyl (C=O) groups excluding carboxylic acids is 2. The monoisotopic (exact) mass is 363 g/mol. The van der Waals surface area contributed by atoms with Crippen LogP contribution < -0.4 is 0 Å². The maximum atomic E-state index is 12.6. The first-order valence-corrected chi connectivity index (χ1v) is 8.68. The maximum absolute atomic E-state index is 12.6. The second kappa shape index (κ2) is 7.86. The Morgan fingerprint density at radius 3 is 2.59 bits per heavy atom. The lowest BCUT2D eigenvalue weighted by atomic mass is 10.0. The summed E-state index contributed by atoms with van der Waals surface area (Å²) < 4.78 is 6.93. The number of esters is 1. The summed E-state index contributed by atoms with van der Waals surface area (Å²) in [5.74, 6) is -0.605. The number of hydrogen-bond acceptors (Lipinski definition) is 4. The van der Waals surface area contributed by atoms with Gasteiger partial charge in [-0.2, -0.15) is 0 Å². The third kappa shape index (κ3) is 3.89. The Hall–Kier alpha value is -3.41. The molecular formula is C21H21N3O3. The molecule has 138 valence electrons. The first-order valence-electron chi connectivity index (χ1n) is 8.68. The molecule has 3 rings (SSSR count). The predicted octanol–water partition coefficient (Wildman–Crippen LogP) is 3.89. The van der Waals surface area contributed by atoms with Gasteiger partial charge in [-0.1, -0.05) is 18.2 Å². The van der Waals surface area contributed by atoms with Crippen LogP contribution in [0.4, 0.5) is 0 Å². The van der Waals surface area contributed by atoms with Crippen molar-refractivity contribution in [3.8, 4) is 5.69 Å². The third-order valence-corrected chi connectivity index (χ3v) is 4.29. The Morgan fingerprint density at radius 2 is 1.96 bits per heavy atom. The van der Waals surface area contributed by atoms with Gasteiger partial charge in [-0.25, -0.2) is 9.78 Å². The van der Waals surface area contributed by atoms with Gasteiger partial charge < -0.3 is 14.3 Å². The number of ether oxygens (including phenoxy) is 1. The second-order valence-electron chi connectivity index (χ2n) is 6.10. The van der Waals surface area contributed by atoms with Crippen molar-refractivity contribution in [2.75, 3.05) is 6.61 Å².